The lowest BCUT2D eigenvalue weighted by atomic mass is 9.75. The summed E-state index contributed by atoms with van der Waals surface area (Å²) in [6.45, 7) is 5.46. The molecule has 3 rings (SSSR count). The number of nitrogens with zero attached hydrogens (tertiary/aromatic N) is 2. The van der Waals surface area contributed by atoms with E-state index in [-0.39, 0.29) is 23.8 Å². The van der Waals surface area contributed by atoms with Gasteiger partial charge in [-0.2, -0.15) is 0 Å². The van der Waals surface area contributed by atoms with Crippen LogP contribution < -0.4 is 0 Å². The molecule has 3 atom stereocenters. The third-order valence-corrected chi connectivity index (χ3v) is 5.31. The number of aryl methyl sites for hydroxylation is 2. The van der Waals surface area contributed by atoms with Crippen LogP contribution in [-0.2, 0) is 24.1 Å². The molecule has 2 aliphatic rings. The molecule has 1 aliphatic heterocycles. The molecule has 122 valence electrons. The number of fused-ring (bicyclic) bond motifs is 2. The number of aliphatic hydroxyl groups is 1. The summed E-state index contributed by atoms with van der Waals surface area (Å²) in [5.41, 5.74) is 1.88. The number of aromatic nitrogens is 1. The van der Waals surface area contributed by atoms with Gasteiger partial charge in [-0.3, -0.25) is 4.79 Å². The fourth-order valence-electron chi connectivity index (χ4n) is 4.01. The van der Waals surface area contributed by atoms with E-state index in [0.717, 1.165) is 42.7 Å². The molecule has 5 nitrogen and oxygen atoms in total. The van der Waals surface area contributed by atoms with E-state index < -0.39 is 0 Å². The molecule has 22 heavy (non-hydrogen) atoms. The largest absolute Gasteiger partial charge is 0.392 e. The number of rotatable bonds is 4. The van der Waals surface area contributed by atoms with Gasteiger partial charge in [0, 0.05) is 36.9 Å². The Morgan fingerprint density at radius 1 is 1.27 bits per heavy atom. The quantitative estimate of drug-likeness (QED) is 0.923. The summed E-state index contributed by atoms with van der Waals surface area (Å²) in [7, 11) is 0. The first-order valence-electron chi connectivity index (χ1n) is 8.56. The lowest BCUT2D eigenvalue weighted by molar-refractivity contribution is -0.139. The highest BCUT2D eigenvalue weighted by atomic mass is 16.5. The van der Waals surface area contributed by atoms with Gasteiger partial charge in [0.2, 0.25) is 5.91 Å². The molecule has 1 saturated carbocycles. The highest BCUT2D eigenvalue weighted by Gasteiger charge is 2.39. The van der Waals surface area contributed by atoms with Crippen molar-refractivity contribution in [1.29, 1.82) is 0 Å². The maximum absolute atomic E-state index is 12.7. The van der Waals surface area contributed by atoms with Gasteiger partial charge >= 0.3 is 0 Å². The first kappa shape index (κ1) is 15.5. The molecule has 1 amide bonds. The number of piperidine rings is 1. The zero-order valence-corrected chi connectivity index (χ0v) is 13.5. The Morgan fingerprint density at radius 3 is 2.55 bits per heavy atom. The number of hydrogen-bond donors (Lipinski definition) is 1. The van der Waals surface area contributed by atoms with E-state index in [9.17, 15) is 9.90 Å². The Morgan fingerprint density at radius 2 is 1.95 bits per heavy atom. The Hall–Kier alpha value is -1.36. The van der Waals surface area contributed by atoms with Gasteiger partial charge in [-0.05, 0) is 19.3 Å². The van der Waals surface area contributed by atoms with Gasteiger partial charge in [0.25, 0.3) is 0 Å². The van der Waals surface area contributed by atoms with Gasteiger partial charge < -0.3 is 14.5 Å². The smallest absolute Gasteiger partial charge is 0.227 e. The average molecular weight is 306 g/mol. The summed E-state index contributed by atoms with van der Waals surface area (Å²) in [6, 6.07) is 0. The van der Waals surface area contributed by atoms with Crippen LogP contribution in [0.4, 0.5) is 0 Å². The molecule has 1 aromatic heterocycles. The highest BCUT2D eigenvalue weighted by molar-refractivity contribution is 5.79. The van der Waals surface area contributed by atoms with Crippen molar-refractivity contribution >= 4 is 5.91 Å². The topological polar surface area (TPSA) is 66.6 Å². The minimum Gasteiger partial charge on any atom is -0.392 e. The third-order valence-electron chi connectivity index (χ3n) is 5.31. The molecule has 2 heterocycles. The second-order valence-electron chi connectivity index (χ2n) is 6.66. The Kier molecular flexibility index (Phi) is 4.52. The van der Waals surface area contributed by atoms with Crippen molar-refractivity contribution in [1.82, 2.24) is 10.1 Å². The number of aliphatic hydroxyl groups excluding tert-OH is 1. The summed E-state index contributed by atoms with van der Waals surface area (Å²) in [5.74, 6) is 1.50. The second kappa shape index (κ2) is 6.41. The predicted molar refractivity (Wildman–Crippen MR) is 82.4 cm³/mol. The first-order chi connectivity index (χ1) is 10.6. The Bertz CT molecular complexity index is 505. The van der Waals surface area contributed by atoms with Crippen LogP contribution in [0.3, 0.4) is 0 Å². The molecular formula is C17H26N2O3. The monoisotopic (exact) mass is 306 g/mol. The van der Waals surface area contributed by atoms with Gasteiger partial charge in [-0.25, -0.2) is 0 Å². The van der Waals surface area contributed by atoms with E-state index in [4.69, 9.17) is 4.52 Å². The van der Waals surface area contributed by atoms with Crippen LogP contribution in [0.1, 0.15) is 50.1 Å². The van der Waals surface area contributed by atoms with Crippen LogP contribution in [0.15, 0.2) is 4.52 Å². The molecular weight excluding hydrogens is 280 g/mol. The minimum absolute atomic E-state index is 0.149. The van der Waals surface area contributed by atoms with Crippen molar-refractivity contribution in [2.75, 3.05) is 13.1 Å². The van der Waals surface area contributed by atoms with E-state index in [2.05, 4.69) is 5.16 Å². The molecule has 2 fully saturated rings. The van der Waals surface area contributed by atoms with Crippen molar-refractivity contribution in [3.63, 3.8) is 0 Å². The molecule has 1 N–H and O–H groups in total. The molecule has 1 aromatic rings. The van der Waals surface area contributed by atoms with Crippen LogP contribution in [0.2, 0.25) is 0 Å². The van der Waals surface area contributed by atoms with Gasteiger partial charge in [0.05, 0.1) is 18.2 Å². The maximum atomic E-state index is 12.7. The van der Waals surface area contributed by atoms with Crippen molar-refractivity contribution in [2.45, 2.75) is 58.5 Å². The lowest BCUT2D eigenvalue weighted by Crippen LogP contribution is -2.53. The fraction of sp³-hybridized carbons (Fsp3) is 0.765. The normalized spacial score (nSPS) is 28.0. The number of hydrogen-bond acceptors (Lipinski definition) is 4. The Labute approximate surface area is 131 Å². The summed E-state index contributed by atoms with van der Waals surface area (Å²) < 4.78 is 5.35. The number of likely N-dealkylation sites (tertiary alicyclic amines) is 1. The molecule has 5 heteroatoms. The van der Waals surface area contributed by atoms with E-state index in [1.54, 1.807) is 0 Å². The van der Waals surface area contributed by atoms with E-state index in [1.807, 2.05) is 18.7 Å². The van der Waals surface area contributed by atoms with Crippen molar-refractivity contribution in [2.24, 2.45) is 11.8 Å². The van der Waals surface area contributed by atoms with Gasteiger partial charge in [-0.15, -0.1) is 0 Å². The summed E-state index contributed by atoms with van der Waals surface area (Å²) in [6.07, 6.45) is 4.97. The summed E-state index contributed by atoms with van der Waals surface area (Å²) >= 11 is 0. The zero-order chi connectivity index (χ0) is 15.7. The average Bonchev–Trinajstić information content (AvgIpc) is 2.88. The van der Waals surface area contributed by atoms with E-state index in [0.29, 0.717) is 19.5 Å². The van der Waals surface area contributed by atoms with Gasteiger partial charge in [-0.1, -0.05) is 25.4 Å². The first-order valence-corrected chi connectivity index (χ1v) is 8.56. The fourth-order valence-corrected chi connectivity index (χ4v) is 4.01. The highest BCUT2D eigenvalue weighted by Crippen LogP contribution is 2.35. The molecule has 0 spiro atoms. The SMILES string of the molecule is CCc1noc(CC)c1CC(=O)N1C[C@H]2CCC[C@@H](C1)C2O. The minimum atomic E-state index is -0.217. The summed E-state index contributed by atoms with van der Waals surface area (Å²) in [5, 5.41) is 14.3. The van der Waals surface area contributed by atoms with E-state index >= 15 is 0 Å². The van der Waals surface area contributed by atoms with Crippen molar-refractivity contribution in [3.8, 4) is 0 Å². The number of carbonyl (C=O) groups is 1. The lowest BCUT2D eigenvalue weighted by Gasteiger charge is -2.45. The van der Waals surface area contributed by atoms with Gasteiger partial charge in [0.15, 0.2) is 0 Å². The predicted octanol–water partition coefficient (Wildman–Crippen LogP) is 1.96. The molecule has 0 aromatic carbocycles. The maximum Gasteiger partial charge on any atom is 0.227 e. The van der Waals surface area contributed by atoms with E-state index in [1.165, 1.54) is 6.42 Å². The Balaban J connectivity index is 1.71. The van der Waals surface area contributed by atoms with Crippen molar-refractivity contribution in [3.05, 3.63) is 17.0 Å². The third kappa shape index (κ3) is 2.78. The second-order valence-corrected chi connectivity index (χ2v) is 6.66. The van der Waals surface area contributed by atoms with Crippen LogP contribution in [-0.4, -0.2) is 40.3 Å². The standard InChI is InChI=1S/C17H26N2O3/c1-3-14-13(15(4-2)22-18-14)8-16(20)19-9-11-6-5-7-12(10-19)17(11)21/h11-12,17,21H,3-10H2,1-2H3/t11-,12+,17?. The molecule has 0 radical (unpaired) electrons. The molecule has 2 bridgehead atoms. The van der Waals surface area contributed by atoms with Crippen LogP contribution in [0.25, 0.3) is 0 Å². The van der Waals surface area contributed by atoms with Gasteiger partial charge in [0.1, 0.15) is 5.76 Å². The van der Waals surface area contributed by atoms with Crippen LogP contribution in [0.5, 0.6) is 0 Å². The van der Waals surface area contributed by atoms with Crippen molar-refractivity contribution < 1.29 is 14.4 Å². The summed E-state index contributed by atoms with van der Waals surface area (Å²) in [4.78, 5) is 14.7. The molecule has 1 saturated heterocycles. The number of carbonyl (C=O) groups excluding carboxylic acids is 1. The van der Waals surface area contributed by atoms with Crippen LogP contribution in [0, 0.1) is 11.8 Å². The molecule has 1 unspecified atom stereocenters. The zero-order valence-electron chi connectivity index (χ0n) is 13.5. The molecule has 1 aliphatic carbocycles. The number of amides is 1. The van der Waals surface area contributed by atoms with Crippen LogP contribution >= 0.6 is 0 Å².